The van der Waals surface area contributed by atoms with E-state index in [-0.39, 0.29) is 23.8 Å². The molecule has 0 aliphatic heterocycles. The van der Waals surface area contributed by atoms with Crippen LogP contribution in [0.5, 0.6) is 5.75 Å². The third-order valence-corrected chi connectivity index (χ3v) is 3.77. The molecule has 0 bridgehead atoms. The number of ether oxygens (including phenoxy) is 1. The number of carbonyl (C=O) groups is 1. The molecule has 20 heavy (non-hydrogen) atoms. The van der Waals surface area contributed by atoms with Crippen LogP contribution in [0.1, 0.15) is 14.5 Å². The summed E-state index contributed by atoms with van der Waals surface area (Å²) in [6, 6.07) is 7.51. The fourth-order valence-electron chi connectivity index (χ4n) is 1.55. The maximum absolute atomic E-state index is 11.9. The monoisotopic (exact) mass is 311 g/mol. The van der Waals surface area contributed by atoms with E-state index in [4.69, 9.17) is 16.3 Å². The lowest BCUT2D eigenvalue weighted by Crippen LogP contribution is -2.11. The third-order valence-electron chi connectivity index (χ3n) is 2.49. The fourth-order valence-corrected chi connectivity index (χ4v) is 2.51. The maximum atomic E-state index is 11.9. The Hall–Kier alpha value is -1.92. The number of aryl methyl sites for hydroxylation is 1. The van der Waals surface area contributed by atoms with Crippen LogP contribution in [-0.2, 0) is 0 Å². The molecule has 7 heteroatoms. The van der Waals surface area contributed by atoms with Gasteiger partial charge in [0, 0.05) is 22.0 Å². The molecule has 104 valence electrons. The largest absolute Gasteiger partial charge is 0.478 e. The number of benzene rings is 1. The molecule has 1 aromatic heterocycles. The second-order valence-corrected chi connectivity index (χ2v) is 5.72. The quantitative estimate of drug-likeness (QED) is 0.477. The number of nitrogens with zero attached hydrogens (tertiary/aromatic N) is 1. The minimum absolute atomic E-state index is 0.0101. The smallest absolute Gasteiger partial charge is 0.311 e. The fraction of sp³-hybridized carbons (Fsp3) is 0.154. The Balaban J connectivity index is 2.12. The van der Waals surface area contributed by atoms with Crippen LogP contribution in [0.4, 0.5) is 5.69 Å². The van der Waals surface area contributed by atoms with Crippen LogP contribution in [0.15, 0.2) is 30.3 Å². The van der Waals surface area contributed by atoms with Crippen LogP contribution in [0.25, 0.3) is 0 Å². The van der Waals surface area contributed by atoms with E-state index in [0.717, 1.165) is 4.88 Å². The molecule has 0 saturated carbocycles. The summed E-state index contributed by atoms with van der Waals surface area (Å²) in [5, 5.41) is 11.2. The van der Waals surface area contributed by atoms with Crippen molar-refractivity contribution in [2.45, 2.75) is 6.92 Å². The number of hydrogen-bond acceptors (Lipinski definition) is 5. The van der Waals surface area contributed by atoms with E-state index in [9.17, 15) is 14.9 Å². The lowest BCUT2D eigenvalue weighted by Gasteiger charge is -2.05. The van der Waals surface area contributed by atoms with E-state index in [2.05, 4.69) is 0 Å². The Morgan fingerprint density at radius 1 is 1.40 bits per heavy atom. The molecular weight excluding hydrogens is 302 g/mol. The predicted octanol–water partition coefficient (Wildman–Crippen LogP) is 3.88. The van der Waals surface area contributed by atoms with Gasteiger partial charge >= 0.3 is 5.69 Å². The molecule has 0 N–H and O–H groups in total. The second kappa shape index (κ2) is 6.02. The molecule has 2 aromatic rings. The molecule has 2 rings (SSSR count). The molecule has 1 aromatic carbocycles. The van der Waals surface area contributed by atoms with Gasteiger partial charge in [-0.1, -0.05) is 11.6 Å². The highest BCUT2D eigenvalue weighted by atomic mass is 35.5. The van der Waals surface area contributed by atoms with Crippen LogP contribution >= 0.6 is 22.9 Å². The Bertz CT molecular complexity index is 668. The van der Waals surface area contributed by atoms with Crippen molar-refractivity contribution in [2.75, 3.05) is 6.61 Å². The summed E-state index contributed by atoms with van der Waals surface area (Å²) in [5.41, 5.74) is -0.218. The first-order valence-electron chi connectivity index (χ1n) is 5.64. The number of thiophene rings is 1. The number of ketones is 1. The molecule has 1 heterocycles. The second-order valence-electron chi connectivity index (χ2n) is 3.99. The van der Waals surface area contributed by atoms with E-state index in [1.54, 1.807) is 6.07 Å². The van der Waals surface area contributed by atoms with E-state index in [1.165, 1.54) is 29.5 Å². The van der Waals surface area contributed by atoms with Gasteiger partial charge in [-0.05, 0) is 25.1 Å². The van der Waals surface area contributed by atoms with Crippen molar-refractivity contribution in [3.05, 3.63) is 55.2 Å². The predicted molar refractivity (Wildman–Crippen MR) is 77.0 cm³/mol. The summed E-state index contributed by atoms with van der Waals surface area (Å²) < 4.78 is 5.24. The first kappa shape index (κ1) is 14.5. The normalized spacial score (nSPS) is 10.3. The van der Waals surface area contributed by atoms with Gasteiger partial charge in [0.2, 0.25) is 5.78 Å². The molecule has 5 nitrogen and oxygen atoms in total. The van der Waals surface area contributed by atoms with E-state index in [0.29, 0.717) is 9.90 Å². The highest BCUT2D eigenvalue weighted by Gasteiger charge is 2.17. The van der Waals surface area contributed by atoms with Crippen LogP contribution in [0.3, 0.4) is 0 Å². The van der Waals surface area contributed by atoms with Crippen LogP contribution in [0, 0.1) is 17.0 Å². The van der Waals surface area contributed by atoms with Crippen molar-refractivity contribution in [1.29, 1.82) is 0 Å². The average Bonchev–Trinajstić information content (AvgIpc) is 2.82. The Kier molecular flexibility index (Phi) is 4.36. The van der Waals surface area contributed by atoms with Gasteiger partial charge in [-0.3, -0.25) is 14.9 Å². The Morgan fingerprint density at radius 3 is 2.75 bits per heavy atom. The zero-order chi connectivity index (χ0) is 14.7. The van der Waals surface area contributed by atoms with Crippen molar-refractivity contribution in [1.82, 2.24) is 0 Å². The molecule has 0 aliphatic rings. The van der Waals surface area contributed by atoms with Gasteiger partial charge in [-0.2, -0.15) is 0 Å². The summed E-state index contributed by atoms with van der Waals surface area (Å²) in [6.07, 6.45) is 0. The number of carbonyl (C=O) groups excluding carboxylic acids is 1. The first-order chi connectivity index (χ1) is 9.47. The average molecular weight is 312 g/mol. The van der Waals surface area contributed by atoms with Crippen molar-refractivity contribution in [3.63, 3.8) is 0 Å². The van der Waals surface area contributed by atoms with Gasteiger partial charge in [0.25, 0.3) is 0 Å². The first-order valence-corrected chi connectivity index (χ1v) is 6.83. The van der Waals surface area contributed by atoms with Gasteiger partial charge in [-0.25, -0.2) is 0 Å². The van der Waals surface area contributed by atoms with E-state index < -0.39 is 4.92 Å². The van der Waals surface area contributed by atoms with Crippen molar-refractivity contribution in [3.8, 4) is 5.75 Å². The summed E-state index contributed by atoms with van der Waals surface area (Å²) >= 11 is 7.13. The summed E-state index contributed by atoms with van der Waals surface area (Å²) in [4.78, 5) is 23.7. The lowest BCUT2D eigenvalue weighted by molar-refractivity contribution is -0.385. The number of rotatable bonds is 5. The number of hydrogen-bond donors (Lipinski definition) is 0. The number of halogens is 1. The minimum atomic E-state index is -0.578. The van der Waals surface area contributed by atoms with Gasteiger partial charge in [0.15, 0.2) is 12.4 Å². The number of nitro benzene ring substituents is 1. The molecular formula is C13H10ClNO4S. The van der Waals surface area contributed by atoms with Gasteiger partial charge in [-0.15, -0.1) is 11.3 Å². The topological polar surface area (TPSA) is 69.4 Å². The molecule has 0 atom stereocenters. The van der Waals surface area contributed by atoms with Gasteiger partial charge in [0.05, 0.1) is 9.80 Å². The lowest BCUT2D eigenvalue weighted by atomic mass is 10.3. The van der Waals surface area contributed by atoms with Crippen molar-refractivity contribution < 1.29 is 14.5 Å². The number of Topliss-reactive ketones (excluding diaryl/α,β-unsaturated/α-hetero) is 1. The molecule has 0 fully saturated rings. The summed E-state index contributed by atoms with van der Waals surface area (Å²) in [5.74, 6) is -0.235. The molecule has 0 amide bonds. The highest BCUT2D eigenvalue weighted by Crippen LogP contribution is 2.30. The summed E-state index contributed by atoms with van der Waals surface area (Å²) in [6.45, 7) is 1.63. The molecule has 0 saturated heterocycles. The maximum Gasteiger partial charge on any atom is 0.311 e. The van der Waals surface area contributed by atoms with Gasteiger partial charge in [0.1, 0.15) is 0 Å². The molecule has 0 spiro atoms. The highest BCUT2D eigenvalue weighted by molar-refractivity contribution is 7.14. The van der Waals surface area contributed by atoms with Crippen LogP contribution < -0.4 is 4.74 Å². The van der Waals surface area contributed by atoms with E-state index in [1.807, 2.05) is 13.0 Å². The Morgan fingerprint density at radius 2 is 2.15 bits per heavy atom. The number of nitro groups is 1. The molecule has 0 unspecified atom stereocenters. The zero-order valence-corrected chi connectivity index (χ0v) is 12.0. The minimum Gasteiger partial charge on any atom is -0.478 e. The molecule has 0 radical (unpaired) electrons. The zero-order valence-electron chi connectivity index (χ0n) is 10.5. The van der Waals surface area contributed by atoms with Crippen molar-refractivity contribution >= 4 is 34.4 Å². The third kappa shape index (κ3) is 3.34. The Labute approximate surface area is 123 Å². The summed E-state index contributed by atoms with van der Waals surface area (Å²) in [7, 11) is 0. The van der Waals surface area contributed by atoms with Crippen LogP contribution in [0.2, 0.25) is 5.02 Å². The van der Waals surface area contributed by atoms with Gasteiger partial charge < -0.3 is 4.74 Å². The standard InChI is InChI=1S/C13H10ClNO4S/c1-8-2-5-13(20-8)11(16)7-19-12-6-9(14)3-4-10(12)15(17)18/h2-6H,7H2,1H3. The van der Waals surface area contributed by atoms with Crippen LogP contribution in [-0.4, -0.2) is 17.3 Å². The van der Waals surface area contributed by atoms with Crippen molar-refractivity contribution in [2.24, 2.45) is 0 Å². The SMILES string of the molecule is Cc1ccc(C(=O)COc2cc(Cl)ccc2[N+](=O)[O-])s1. The van der Waals surface area contributed by atoms with E-state index >= 15 is 0 Å². The molecule has 0 aliphatic carbocycles.